The number of aromatic carboxylic acids is 1. The van der Waals surface area contributed by atoms with Crippen LogP contribution in [0.25, 0.3) is 33.3 Å². The number of hydrogen-bond donors (Lipinski definition) is 1. The molecule has 1 saturated carbocycles. The second-order valence-corrected chi connectivity index (χ2v) is 10.0. The number of carbonyl (C=O) groups is 1. The molecule has 4 heterocycles. The van der Waals surface area contributed by atoms with Crippen LogP contribution >= 0.6 is 11.6 Å². The molecule has 5 aromatic rings. The summed E-state index contributed by atoms with van der Waals surface area (Å²) in [6, 6.07) is 8.81. The van der Waals surface area contributed by atoms with Gasteiger partial charge in [-0.3, -0.25) is 23.6 Å². The largest absolute Gasteiger partial charge is 0.478 e. The Kier molecular flexibility index (Phi) is 5.30. The number of carboxylic acids is 1. The van der Waals surface area contributed by atoms with Crippen LogP contribution < -0.4 is 11.2 Å². The first-order chi connectivity index (χ1) is 17.7. The van der Waals surface area contributed by atoms with Crippen molar-refractivity contribution in [3.63, 3.8) is 0 Å². The zero-order chi connectivity index (χ0) is 26.0. The maximum atomic E-state index is 13.5. The number of nitrogens with zero attached hydrogens (tertiary/aromatic N) is 6. The van der Waals surface area contributed by atoms with Crippen LogP contribution in [-0.4, -0.2) is 39.5 Å². The molecule has 4 aromatic heterocycles. The third kappa shape index (κ3) is 3.84. The van der Waals surface area contributed by atoms with Gasteiger partial charge in [-0.25, -0.2) is 9.59 Å². The van der Waals surface area contributed by atoms with E-state index >= 15 is 0 Å². The lowest BCUT2D eigenvalue weighted by atomic mass is 10.1. The fourth-order valence-corrected chi connectivity index (χ4v) is 5.02. The van der Waals surface area contributed by atoms with Crippen molar-refractivity contribution in [3.05, 3.63) is 79.7 Å². The van der Waals surface area contributed by atoms with Crippen molar-refractivity contribution in [2.24, 2.45) is 20.0 Å². The van der Waals surface area contributed by atoms with Crippen molar-refractivity contribution >= 4 is 39.5 Å². The summed E-state index contributed by atoms with van der Waals surface area (Å²) in [6.45, 7) is 0.721. The average molecular weight is 519 g/mol. The molecule has 0 radical (unpaired) electrons. The first-order valence-electron chi connectivity index (χ1n) is 11.9. The molecule has 0 bridgehead atoms. The number of hydrogen-bond acceptors (Lipinski definition) is 5. The van der Waals surface area contributed by atoms with Gasteiger partial charge in [-0.05, 0) is 54.7 Å². The highest BCUT2D eigenvalue weighted by Gasteiger charge is 2.28. The summed E-state index contributed by atoms with van der Waals surface area (Å²) in [4.78, 5) is 42.8. The lowest BCUT2D eigenvalue weighted by Gasteiger charge is -2.11. The van der Waals surface area contributed by atoms with Crippen LogP contribution in [0.2, 0.25) is 5.02 Å². The van der Waals surface area contributed by atoms with E-state index in [1.165, 1.54) is 19.3 Å². The second kappa shape index (κ2) is 8.45. The zero-order valence-corrected chi connectivity index (χ0v) is 20.9. The van der Waals surface area contributed by atoms with Crippen molar-refractivity contribution in [1.82, 2.24) is 28.5 Å². The molecule has 1 aliphatic rings. The number of fused-ring (bicyclic) bond motifs is 2. The van der Waals surface area contributed by atoms with Gasteiger partial charge in [0, 0.05) is 43.4 Å². The molecule has 0 spiro atoms. The minimum Gasteiger partial charge on any atom is -0.478 e. The lowest BCUT2D eigenvalue weighted by Crippen LogP contribution is -2.38. The summed E-state index contributed by atoms with van der Waals surface area (Å²) in [7, 11) is 3.18. The van der Waals surface area contributed by atoms with Gasteiger partial charge < -0.3 is 9.67 Å². The number of aromatic nitrogens is 6. The fraction of sp³-hybridized carbons (Fsp3) is 0.269. The van der Waals surface area contributed by atoms with E-state index in [0.717, 1.165) is 33.9 Å². The van der Waals surface area contributed by atoms with E-state index in [2.05, 4.69) is 4.98 Å². The van der Waals surface area contributed by atoms with Crippen molar-refractivity contribution in [3.8, 4) is 11.4 Å². The second-order valence-electron chi connectivity index (χ2n) is 9.57. The predicted molar refractivity (Wildman–Crippen MR) is 139 cm³/mol. The van der Waals surface area contributed by atoms with E-state index in [1.807, 2.05) is 18.2 Å². The number of halogens is 1. The Labute approximate surface area is 215 Å². The maximum Gasteiger partial charge on any atom is 0.337 e. The van der Waals surface area contributed by atoms with Crippen LogP contribution in [0.4, 0.5) is 0 Å². The van der Waals surface area contributed by atoms with E-state index in [0.29, 0.717) is 34.5 Å². The SMILES string of the molecule is Cn1cc(C(=O)O)cc1-c1c2c(=O)n(C)c(=O)n(CC3CC3)c2nn1Cc1ccnc2ccc(Cl)cc12. The molecule has 1 aromatic carbocycles. The Morgan fingerprint density at radius 3 is 2.65 bits per heavy atom. The molecule has 0 amide bonds. The van der Waals surface area contributed by atoms with Crippen LogP contribution in [0.1, 0.15) is 28.8 Å². The molecule has 1 aliphatic carbocycles. The van der Waals surface area contributed by atoms with Crippen LogP contribution in [0.5, 0.6) is 0 Å². The van der Waals surface area contributed by atoms with E-state index < -0.39 is 17.2 Å². The number of aryl methyl sites for hydroxylation is 1. The lowest BCUT2D eigenvalue weighted by molar-refractivity contribution is 0.0697. The summed E-state index contributed by atoms with van der Waals surface area (Å²) < 4.78 is 6.00. The fourth-order valence-electron chi connectivity index (χ4n) is 4.85. The van der Waals surface area contributed by atoms with E-state index in [9.17, 15) is 19.5 Å². The van der Waals surface area contributed by atoms with Gasteiger partial charge in [0.15, 0.2) is 5.65 Å². The van der Waals surface area contributed by atoms with Crippen molar-refractivity contribution < 1.29 is 9.90 Å². The summed E-state index contributed by atoms with van der Waals surface area (Å²) in [5.74, 6) is -0.711. The quantitative estimate of drug-likeness (QED) is 0.369. The van der Waals surface area contributed by atoms with Crippen LogP contribution in [0, 0.1) is 5.92 Å². The Bertz CT molecular complexity index is 1860. The molecule has 0 aliphatic heterocycles. The minimum atomic E-state index is -1.08. The summed E-state index contributed by atoms with van der Waals surface area (Å²) in [5, 5.41) is 16.1. The van der Waals surface area contributed by atoms with E-state index in [-0.39, 0.29) is 17.5 Å². The summed E-state index contributed by atoms with van der Waals surface area (Å²) in [6.07, 6.45) is 5.23. The predicted octanol–water partition coefficient (Wildman–Crippen LogP) is 3.26. The van der Waals surface area contributed by atoms with Crippen molar-refractivity contribution in [1.29, 1.82) is 0 Å². The van der Waals surface area contributed by atoms with Crippen molar-refractivity contribution in [2.75, 3.05) is 0 Å². The Balaban J connectivity index is 1.67. The third-order valence-electron chi connectivity index (χ3n) is 6.97. The topological polar surface area (TPSA) is 117 Å². The molecule has 0 saturated heterocycles. The molecule has 188 valence electrons. The summed E-state index contributed by atoms with van der Waals surface area (Å²) in [5.41, 5.74) is 2.06. The Hall–Kier alpha value is -4.18. The van der Waals surface area contributed by atoms with E-state index in [1.54, 1.807) is 33.1 Å². The number of carboxylic acid groups (broad SMARTS) is 1. The molecule has 0 atom stereocenters. The van der Waals surface area contributed by atoms with Gasteiger partial charge in [-0.15, -0.1) is 0 Å². The standard InChI is InChI=1S/C26H23ClN6O4/c1-30-12-16(25(35)36)9-20(30)22-21-23(32(11-14-3-4-14)26(37)31(2)24(21)34)29-33(22)13-15-7-8-28-19-6-5-17(27)10-18(15)19/h5-10,12,14H,3-4,11,13H2,1-2H3,(H,35,36). The Morgan fingerprint density at radius 2 is 1.95 bits per heavy atom. The maximum absolute atomic E-state index is 13.5. The average Bonchev–Trinajstić information content (AvgIpc) is 3.50. The van der Waals surface area contributed by atoms with Gasteiger partial charge in [-0.2, -0.15) is 5.10 Å². The minimum absolute atomic E-state index is 0.0858. The molecule has 0 unspecified atom stereocenters. The van der Waals surface area contributed by atoms with Crippen LogP contribution in [0.3, 0.4) is 0 Å². The third-order valence-corrected chi connectivity index (χ3v) is 7.21. The van der Waals surface area contributed by atoms with Gasteiger partial charge in [-0.1, -0.05) is 11.6 Å². The van der Waals surface area contributed by atoms with Gasteiger partial charge in [0.1, 0.15) is 11.1 Å². The molecular formula is C26H23ClN6O4. The number of pyridine rings is 1. The number of benzene rings is 1. The first kappa shape index (κ1) is 23.2. The molecular weight excluding hydrogens is 496 g/mol. The smallest absolute Gasteiger partial charge is 0.337 e. The molecule has 1 fully saturated rings. The molecule has 10 nitrogen and oxygen atoms in total. The summed E-state index contributed by atoms with van der Waals surface area (Å²) >= 11 is 6.28. The molecule has 1 N–H and O–H groups in total. The normalized spacial score (nSPS) is 13.6. The van der Waals surface area contributed by atoms with Crippen LogP contribution in [-0.2, 0) is 27.2 Å². The molecule has 37 heavy (non-hydrogen) atoms. The highest BCUT2D eigenvalue weighted by molar-refractivity contribution is 6.31. The van der Waals surface area contributed by atoms with Crippen molar-refractivity contribution in [2.45, 2.75) is 25.9 Å². The zero-order valence-electron chi connectivity index (χ0n) is 20.2. The van der Waals surface area contributed by atoms with Gasteiger partial charge in [0.2, 0.25) is 0 Å². The number of rotatable bonds is 6. The van der Waals surface area contributed by atoms with Gasteiger partial charge in [0.05, 0.1) is 23.3 Å². The molecule has 11 heteroatoms. The monoisotopic (exact) mass is 518 g/mol. The Morgan fingerprint density at radius 1 is 1.16 bits per heavy atom. The first-order valence-corrected chi connectivity index (χ1v) is 12.2. The highest BCUT2D eigenvalue weighted by Crippen LogP contribution is 2.33. The molecule has 6 rings (SSSR count). The van der Waals surface area contributed by atoms with Gasteiger partial charge in [0.25, 0.3) is 5.56 Å². The van der Waals surface area contributed by atoms with Crippen LogP contribution in [0.15, 0.2) is 52.3 Å². The van der Waals surface area contributed by atoms with Gasteiger partial charge >= 0.3 is 11.7 Å². The van der Waals surface area contributed by atoms with E-state index in [4.69, 9.17) is 16.7 Å². The highest BCUT2D eigenvalue weighted by atomic mass is 35.5.